The molecule has 3 N–H and O–H groups in total. The molecule has 1 aromatic heterocycles. The van der Waals surface area contributed by atoms with Crippen LogP contribution in [-0.4, -0.2) is 15.2 Å². The maximum atomic E-state index is 13.3. The third-order valence-electron chi connectivity index (χ3n) is 2.04. The van der Waals surface area contributed by atoms with Crippen LogP contribution < -0.4 is 5.73 Å². The van der Waals surface area contributed by atoms with Crippen LogP contribution in [0.15, 0.2) is 24.5 Å². The van der Waals surface area contributed by atoms with Crippen LogP contribution in [-0.2, 0) is 0 Å². The maximum Gasteiger partial charge on any atom is 0.145 e. The zero-order chi connectivity index (χ0) is 10.8. The number of aromatic nitrogens is 3. The van der Waals surface area contributed by atoms with E-state index in [1.807, 2.05) is 0 Å². The van der Waals surface area contributed by atoms with Gasteiger partial charge in [0.05, 0.1) is 6.04 Å². The van der Waals surface area contributed by atoms with E-state index in [1.165, 1.54) is 12.4 Å². The largest absolute Gasteiger partial charge is 0.317 e. The molecule has 0 aliphatic carbocycles. The van der Waals surface area contributed by atoms with Gasteiger partial charge < -0.3 is 5.73 Å². The molecule has 0 aliphatic rings. The number of H-pyrrole nitrogens is 1. The van der Waals surface area contributed by atoms with Crippen LogP contribution in [0.3, 0.4) is 0 Å². The lowest BCUT2D eigenvalue weighted by Crippen LogP contribution is -2.17. The predicted molar refractivity (Wildman–Crippen MR) is 48.8 cm³/mol. The summed E-state index contributed by atoms with van der Waals surface area (Å²) in [6.07, 6.45) is 1.23. The highest BCUT2D eigenvalue weighted by atomic mass is 19.1. The van der Waals surface area contributed by atoms with Crippen molar-refractivity contribution >= 4 is 0 Å². The molecule has 0 spiro atoms. The topological polar surface area (TPSA) is 67.6 Å². The Morgan fingerprint density at radius 1 is 1.27 bits per heavy atom. The molecule has 0 radical (unpaired) electrons. The van der Waals surface area contributed by atoms with Gasteiger partial charge in [0.2, 0.25) is 0 Å². The summed E-state index contributed by atoms with van der Waals surface area (Å²) in [5, 5.41) is 6.04. The maximum absolute atomic E-state index is 13.3. The average molecular weight is 210 g/mol. The first-order valence-corrected chi connectivity index (χ1v) is 4.25. The van der Waals surface area contributed by atoms with Crippen molar-refractivity contribution in [2.24, 2.45) is 5.73 Å². The monoisotopic (exact) mass is 210 g/mol. The molecule has 0 bridgehead atoms. The molecular formula is C9H8F2N4. The predicted octanol–water partition coefficient (Wildman–Crippen LogP) is 1.13. The lowest BCUT2D eigenvalue weighted by molar-refractivity contribution is 0.538. The van der Waals surface area contributed by atoms with Crippen molar-refractivity contribution in [3.8, 4) is 0 Å². The number of halogens is 2. The molecule has 2 aromatic rings. The van der Waals surface area contributed by atoms with Gasteiger partial charge in [0.25, 0.3) is 0 Å². The highest BCUT2D eigenvalue weighted by Gasteiger charge is 2.19. The highest BCUT2D eigenvalue weighted by Crippen LogP contribution is 2.21. The molecule has 1 heterocycles. The second-order valence-electron chi connectivity index (χ2n) is 2.98. The smallest absolute Gasteiger partial charge is 0.145 e. The molecule has 2 rings (SSSR count). The minimum absolute atomic E-state index is 0.214. The second-order valence-corrected chi connectivity index (χ2v) is 2.98. The van der Waals surface area contributed by atoms with Crippen molar-refractivity contribution in [2.45, 2.75) is 6.04 Å². The van der Waals surface area contributed by atoms with Crippen molar-refractivity contribution < 1.29 is 8.78 Å². The summed E-state index contributed by atoms with van der Waals surface area (Å²) in [5.41, 5.74) is 5.44. The van der Waals surface area contributed by atoms with E-state index in [0.29, 0.717) is 0 Å². The summed E-state index contributed by atoms with van der Waals surface area (Å²) < 4.78 is 26.6. The Bertz CT molecular complexity index is 435. The highest BCUT2D eigenvalue weighted by molar-refractivity contribution is 5.27. The fraction of sp³-hybridized carbons (Fsp3) is 0.111. The first-order valence-electron chi connectivity index (χ1n) is 4.25. The molecule has 0 saturated carbocycles. The van der Waals surface area contributed by atoms with Crippen LogP contribution in [0.2, 0.25) is 0 Å². The number of nitrogens with zero attached hydrogens (tertiary/aromatic N) is 2. The molecule has 1 unspecified atom stereocenters. The van der Waals surface area contributed by atoms with E-state index in [9.17, 15) is 8.78 Å². The van der Waals surface area contributed by atoms with Crippen LogP contribution in [0.1, 0.15) is 17.4 Å². The van der Waals surface area contributed by atoms with Crippen LogP contribution in [0.4, 0.5) is 8.78 Å². The van der Waals surface area contributed by atoms with Crippen molar-refractivity contribution in [3.05, 3.63) is 47.5 Å². The number of hydrogen-bond acceptors (Lipinski definition) is 3. The van der Waals surface area contributed by atoms with Crippen LogP contribution in [0, 0.1) is 11.6 Å². The molecule has 78 valence electrons. The minimum Gasteiger partial charge on any atom is -0.317 e. The molecule has 4 nitrogen and oxygen atoms in total. The molecule has 1 atom stereocenters. The summed E-state index contributed by atoms with van der Waals surface area (Å²) in [6.45, 7) is 0. The van der Waals surface area contributed by atoms with Crippen molar-refractivity contribution in [1.82, 2.24) is 15.2 Å². The van der Waals surface area contributed by atoms with Gasteiger partial charge in [0.15, 0.2) is 0 Å². The Hall–Kier alpha value is -1.82. The van der Waals surface area contributed by atoms with Crippen LogP contribution >= 0.6 is 0 Å². The average Bonchev–Trinajstić information content (AvgIpc) is 2.69. The third kappa shape index (κ3) is 1.71. The lowest BCUT2D eigenvalue weighted by atomic mass is 10.1. The molecule has 0 aliphatic heterocycles. The number of hydrogen-bond donors (Lipinski definition) is 2. The van der Waals surface area contributed by atoms with E-state index in [4.69, 9.17) is 5.73 Å². The number of nitrogens with one attached hydrogen (secondary N) is 1. The Morgan fingerprint density at radius 3 is 2.47 bits per heavy atom. The Kier molecular flexibility index (Phi) is 2.42. The zero-order valence-corrected chi connectivity index (χ0v) is 7.61. The molecule has 6 heteroatoms. The van der Waals surface area contributed by atoms with Gasteiger partial charge in [0.1, 0.15) is 23.8 Å². The summed E-state index contributed by atoms with van der Waals surface area (Å²) in [6, 6.07) is 2.60. The first-order chi connectivity index (χ1) is 7.20. The van der Waals surface area contributed by atoms with Crippen LogP contribution in [0.5, 0.6) is 0 Å². The van der Waals surface area contributed by atoms with Gasteiger partial charge in [0, 0.05) is 5.56 Å². The van der Waals surface area contributed by atoms with E-state index >= 15 is 0 Å². The fourth-order valence-corrected chi connectivity index (χ4v) is 1.31. The van der Waals surface area contributed by atoms with Gasteiger partial charge in [-0.15, -0.1) is 0 Å². The molecule has 15 heavy (non-hydrogen) atoms. The van der Waals surface area contributed by atoms with Gasteiger partial charge in [-0.3, -0.25) is 5.10 Å². The normalized spacial score (nSPS) is 12.7. The van der Waals surface area contributed by atoms with E-state index in [2.05, 4.69) is 15.2 Å². The minimum atomic E-state index is -0.978. The summed E-state index contributed by atoms with van der Waals surface area (Å²) in [4.78, 5) is 3.75. The van der Waals surface area contributed by atoms with Gasteiger partial charge in [-0.1, -0.05) is 6.07 Å². The molecule has 0 amide bonds. The standard InChI is InChI=1S/C9H8F2N4/c10-5-2-1-3-6(11)7(5)8(12)9-13-4-14-15-9/h1-4,8H,12H2,(H,13,14,15). The molecule has 0 saturated heterocycles. The van der Waals surface area contributed by atoms with Crippen molar-refractivity contribution in [3.63, 3.8) is 0 Å². The number of rotatable bonds is 2. The van der Waals surface area contributed by atoms with Crippen molar-refractivity contribution in [2.75, 3.05) is 0 Å². The molecule has 1 aromatic carbocycles. The first kappa shape index (κ1) is 9.72. The number of aromatic amines is 1. The number of benzene rings is 1. The summed E-state index contributed by atoms with van der Waals surface area (Å²) >= 11 is 0. The summed E-state index contributed by atoms with van der Waals surface area (Å²) in [7, 11) is 0. The van der Waals surface area contributed by atoms with E-state index < -0.39 is 17.7 Å². The third-order valence-corrected chi connectivity index (χ3v) is 2.04. The van der Waals surface area contributed by atoms with Crippen LogP contribution in [0.25, 0.3) is 0 Å². The Morgan fingerprint density at radius 2 is 1.93 bits per heavy atom. The quantitative estimate of drug-likeness (QED) is 0.780. The second kappa shape index (κ2) is 3.74. The van der Waals surface area contributed by atoms with Gasteiger partial charge in [-0.2, -0.15) is 5.10 Å². The van der Waals surface area contributed by atoms with E-state index in [-0.39, 0.29) is 11.4 Å². The zero-order valence-electron chi connectivity index (χ0n) is 7.61. The fourth-order valence-electron chi connectivity index (χ4n) is 1.31. The van der Waals surface area contributed by atoms with Gasteiger partial charge in [-0.25, -0.2) is 13.8 Å². The Balaban J connectivity index is 2.46. The Labute approximate surface area is 84.1 Å². The molecular weight excluding hydrogens is 202 g/mol. The molecule has 0 fully saturated rings. The number of nitrogens with two attached hydrogens (primary N) is 1. The lowest BCUT2D eigenvalue weighted by Gasteiger charge is -2.10. The van der Waals surface area contributed by atoms with Gasteiger partial charge in [-0.05, 0) is 12.1 Å². The SMILES string of the molecule is NC(c1ncn[nH]1)c1c(F)cccc1F. The van der Waals surface area contributed by atoms with Gasteiger partial charge >= 0.3 is 0 Å². The van der Waals surface area contributed by atoms with Crippen molar-refractivity contribution in [1.29, 1.82) is 0 Å². The van der Waals surface area contributed by atoms with E-state index in [0.717, 1.165) is 12.1 Å². The summed E-state index contributed by atoms with van der Waals surface area (Å²) in [5.74, 6) is -1.17. The van der Waals surface area contributed by atoms with E-state index in [1.54, 1.807) is 0 Å².